The quantitative estimate of drug-likeness (QED) is 0.605. The Morgan fingerprint density at radius 3 is 2.70 bits per heavy atom. The van der Waals surface area contributed by atoms with Gasteiger partial charge in [-0.25, -0.2) is 0 Å². The van der Waals surface area contributed by atoms with E-state index in [4.69, 9.17) is 11.6 Å². The number of hydrogen-bond donors (Lipinski definition) is 0. The van der Waals surface area contributed by atoms with Crippen molar-refractivity contribution in [3.8, 4) is 11.4 Å². The molecule has 0 saturated heterocycles. The molecule has 0 aliphatic rings. The van der Waals surface area contributed by atoms with Gasteiger partial charge in [0.05, 0.1) is 5.75 Å². The third-order valence-electron chi connectivity index (χ3n) is 2.54. The van der Waals surface area contributed by atoms with Crippen molar-refractivity contribution in [1.82, 2.24) is 14.8 Å². The van der Waals surface area contributed by atoms with E-state index in [-0.39, 0.29) is 5.78 Å². The molecule has 0 atom stereocenters. The van der Waals surface area contributed by atoms with Crippen molar-refractivity contribution in [3.63, 3.8) is 0 Å². The Morgan fingerprint density at radius 1 is 1.40 bits per heavy atom. The number of Topliss-reactive ketones (excluding diaryl/α,β-unsaturated/α-hetero) is 1. The molecule has 0 fully saturated rings. The number of thioether (sulfide) groups is 1. The van der Waals surface area contributed by atoms with Crippen LogP contribution >= 0.6 is 23.4 Å². The van der Waals surface area contributed by atoms with Gasteiger partial charge in [0.15, 0.2) is 11.0 Å². The number of allylic oxidation sites excluding steroid dienone is 1. The molecule has 2 aromatic rings. The van der Waals surface area contributed by atoms with Crippen LogP contribution in [0.4, 0.5) is 0 Å². The molecular weight excluding hydrogens is 294 g/mol. The van der Waals surface area contributed by atoms with Crippen LogP contribution < -0.4 is 0 Å². The summed E-state index contributed by atoms with van der Waals surface area (Å²) in [7, 11) is 0. The Bertz CT molecular complexity index is 622. The third-order valence-corrected chi connectivity index (χ3v) is 3.90. The number of nitrogens with zero attached hydrogens (tertiary/aromatic N) is 3. The topological polar surface area (TPSA) is 47.8 Å². The number of aromatic nitrogens is 3. The van der Waals surface area contributed by atoms with Crippen molar-refractivity contribution in [2.75, 3.05) is 5.75 Å². The molecule has 0 aliphatic carbocycles. The number of carbonyl (C=O) groups excluding carboxylic acids is 1. The Labute approximate surface area is 126 Å². The van der Waals surface area contributed by atoms with Gasteiger partial charge in [-0.3, -0.25) is 9.36 Å². The highest BCUT2D eigenvalue weighted by atomic mass is 35.5. The van der Waals surface area contributed by atoms with Crippen molar-refractivity contribution in [2.45, 2.75) is 18.6 Å². The fourth-order valence-electron chi connectivity index (χ4n) is 1.67. The first-order chi connectivity index (χ1) is 9.61. The molecule has 20 heavy (non-hydrogen) atoms. The van der Waals surface area contributed by atoms with Crippen LogP contribution in [0.2, 0.25) is 5.02 Å². The van der Waals surface area contributed by atoms with Crippen LogP contribution in [0.3, 0.4) is 0 Å². The Hall–Kier alpha value is -1.59. The highest BCUT2D eigenvalue weighted by molar-refractivity contribution is 7.99. The maximum absolute atomic E-state index is 11.1. The molecule has 0 N–H and O–H groups in total. The van der Waals surface area contributed by atoms with Gasteiger partial charge >= 0.3 is 0 Å². The lowest BCUT2D eigenvalue weighted by Gasteiger charge is -2.07. The second-order valence-electron chi connectivity index (χ2n) is 4.20. The Morgan fingerprint density at radius 2 is 2.10 bits per heavy atom. The van der Waals surface area contributed by atoms with E-state index in [1.54, 1.807) is 13.0 Å². The van der Waals surface area contributed by atoms with E-state index < -0.39 is 0 Å². The molecule has 0 unspecified atom stereocenters. The second kappa shape index (κ2) is 6.72. The largest absolute Gasteiger partial charge is 0.299 e. The highest BCUT2D eigenvalue weighted by Gasteiger charge is 2.13. The first-order valence-corrected chi connectivity index (χ1v) is 7.40. The van der Waals surface area contributed by atoms with Gasteiger partial charge in [0.25, 0.3) is 0 Å². The van der Waals surface area contributed by atoms with Crippen LogP contribution in [0, 0.1) is 0 Å². The molecule has 0 saturated carbocycles. The monoisotopic (exact) mass is 307 g/mol. The number of carbonyl (C=O) groups is 1. The van der Waals surface area contributed by atoms with Gasteiger partial charge < -0.3 is 0 Å². The summed E-state index contributed by atoms with van der Waals surface area (Å²) in [6.07, 6.45) is 1.78. The minimum Gasteiger partial charge on any atom is -0.299 e. The molecule has 0 radical (unpaired) electrons. The van der Waals surface area contributed by atoms with E-state index in [2.05, 4.69) is 16.8 Å². The summed E-state index contributed by atoms with van der Waals surface area (Å²) in [6, 6.07) is 7.41. The van der Waals surface area contributed by atoms with Gasteiger partial charge in [-0.15, -0.1) is 16.8 Å². The third kappa shape index (κ3) is 3.49. The SMILES string of the molecule is C=CCn1c(SCC(C)=O)nnc1-c1ccc(Cl)cc1. The van der Waals surface area contributed by atoms with Crippen LogP contribution in [-0.4, -0.2) is 26.3 Å². The number of halogens is 1. The summed E-state index contributed by atoms with van der Waals surface area (Å²) in [5.41, 5.74) is 0.929. The minimum absolute atomic E-state index is 0.108. The van der Waals surface area contributed by atoms with E-state index in [0.717, 1.165) is 11.4 Å². The summed E-state index contributed by atoms with van der Waals surface area (Å²) in [5, 5.41) is 9.74. The van der Waals surface area contributed by atoms with Crippen molar-refractivity contribution in [3.05, 3.63) is 41.9 Å². The average molecular weight is 308 g/mol. The molecule has 0 bridgehead atoms. The lowest BCUT2D eigenvalue weighted by Crippen LogP contribution is -2.02. The molecule has 1 aromatic heterocycles. The van der Waals surface area contributed by atoms with E-state index in [9.17, 15) is 4.79 Å². The number of ketones is 1. The lowest BCUT2D eigenvalue weighted by atomic mass is 10.2. The van der Waals surface area contributed by atoms with E-state index in [0.29, 0.717) is 22.5 Å². The zero-order chi connectivity index (χ0) is 14.5. The molecule has 0 aliphatic heterocycles. The van der Waals surface area contributed by atoms with Gasteiger partial charge in [-0.2, -0.15) is 0 Å². The van der Waals surface area contributed by atoms with Crippen LogP contribution in [-0.2, 0) is 11.3 Å². The summed E-state index contributed by atoms with van der Waals surface area (Å²) in [5.74, 6) is 1.24. The zero-order valence-corrected chi connectivity index (χ0v) is 12.6. The fourth-order valence-corrected chi connectivity index (χ4v) is 2.54. The Kier molecular flexibility index (Phi) is 4.98. The van der Waals surface area contributed by atoms with Gasteiger partial charge in [-0.1, -0.05) is 29.4 Å². The predicted octanol–water partition coefficient (Wildman–Crippen LogP) is 3.47. The molecule has 0 amide bonds. The molecule has 1 aromatic carbocycles. The van der Waals surface area contributed by atoms with Gasteiger partial charge in [0.1, 0.15) is 5.78 Å². The zero-order valence-electron chi connectivity index (χ0n) is 11.0. The minimum atomic E-state index is 0.108. The average Bonchev–Trinajstić information content (AvgIpc) is 2.81. The van der Waals surface area contributed by atoms with Crippen molar-refractivity contribution in [1.29, 1.82) is 0 Å². The highest BCUT2D eigenvalue weighted by Crippen LogP contribution is 2.25. The van der Waals surface area contributed by atoms with E-state index in [1.807, 2.05) is 28.8 Å². The first kappa shape index (κ1) is 14.8. The van der Waals surface area contributed by atoms with Crippen LogP contribution in [0.25, 0.3) is 11.4 Å². The Balaban J connectivity index is 2.35. The number of benzene rings is 1. The molecule has 2 rings (SSSR count). The maximum Gasteiger partial charge on any atom is 0.192 e. The van der Waals surface area contributed by atoms with Gasteiger partial charge in [-0.05, 0) is 31.2 Å². The van der Waals surface area contributed by atoms with Gasteiger partial charge in [0, 0.05) is 17.1 Å². The molecule has 1 heterocycles. The van der Waals surface area contributed by atoms with Crippen molar-refractivity contribution in [2.24, 2.45) is 0 Å². The fraction of sp³-hybridized carbons (Fsp3) is 0.214. The predicted molar refractivity (Wildman–Crippen MR) is 82.1 cm³/mol. The molecule has 0 spiro atoms. The summed E-state index contributed by atoms with van der Waals surface area (Å²) < 4.78 is 1.93. The van der Waals surface area contributed by atoms with Crippen LogP contribution in [0.15, 0.2) is 42.1 Å². The molecule has 4 nitrogen and oxygen atoms in total. The normalized spacial score (nSPS) is 10.5. The number of rotatable bonds is 6. The number of hydrogen-bond acceptors (Lipinski definition) is 4. The summed E-state index contributed by atoms with van der Waals surface area (Å²) >= 11 is 7.27. The molecule has 6 heteroatoms. The van der Waals surface area contributed by atoms with Gasteiger partial charge in [0.2, 0.25) is 0 Å². The van der Waals surface area contributed by atoms with Crippen molar-refractivity contribution < 1.29 is 4.79 Å². The molecular formula is C14H14ClN3OS. The summed E-state index contributed by atoms with van der Waals surface area (Å²) in [4.78, 5) is 11.1. The smallest absolute Gasteiger partial charge is 0.192 e. The maximum atomic E-state index is 11.1. The van der Waals surface area contributed by atoms with E-state index in [1.165, 1.54) is 11.8 Å². The van der Waals surface area contributed by atoms with E-state index >= 15 is 0 Å². The first-order valence-electron chi connectivity index (χ1n) is 6.04. The molecule has 104 valence electrons. The second-order valence-corrected chi connectivity index (χ2v) is 5.58. The standard InChI is InChI=1S/C14H14ClN3OS/c1-3-8-18-13(11-4-6-12(15)7-5-11)16-17-14(18)20-9-10(2)19/h3-7H,1,8-9H2,2H3. The van der Waals surface area contributed by atoms with Crippen LogP contribution in [0.1, 0.15) is 6.92 Å². The van der Waals surface area contributed by atoms with Crippen molar-refractivity contribution >= 4 is 29.1 Å². The lowest BCUT2D eigenvalue weighted by molar-refractivity contribution is -0.114. The summed E-state index contributed by atoms with van der Waals surface area (Å²) in [6.45, 7) is 5.89. The van der Waals surface area contributed by atoms with Crippen LogP contribution in [0.5, 0.6) is 0 Å².